The van der Waals surface area contributed by atoms with Gasteiger partial charge in [-0.05, 0) is 30.0 Å². The van der Waals surface area contributed by atoms with E-state index in [1.54, 1.807) is 0 Å². The van der Waals surface area contributed by atoms with Crippen LogP contribution in [0.5, 0.6) is 0 Å². The number of nitrogens with zero attached hydrogens (tertiary/aromatic N) is 2. The lowest BCUT2D eigenvalue weighted by molar-refractivity contribution is -0.117. The number of hydrogen-bond donors (Lipinski definition) is 1. The minimum Gasteiger partial charge on any atom is -0.322 e. The van der Waals surface area contributed by atoms with Crippen LogP contribution in [0.15, 0.2) is 36.8 Å². The molecule has 2 atom stereocenters. The SMILES string of the molecule is O=C(Nc1cncnc1Cl)[C@H]1CC1c1cccc(Cl)c1. The van der Waals surface area contributed by atoms with Crippen LogP contribution in [-0.2, 0) is 4.79 Å². The predicted octanol–water partition coefficient (Wildman–Crippen LogP) is 3.53. The summed E-state index contributed by atoms with van der Waals surface area (Å²) in [6.07, 6.45) is 3.64. The smallest absolute Gasteiger partial charge is 0.228 e. The van der Waals surface area contributed by atoms with Gasteiger partial charge in [0, 0.05) is 10.9 Å². The molecule has 1 amide bonds. The summed E-state index contributed by atoms with van der Waals surface area (Å²) in [5, 5.41) is 3.69. The van der Waals surface area contributed by atoms with Crippen molar-refractivity contribution in [3.8, 4) is 0 Å². The maximum atomic E-state index is 12.1. The quantitative estimate of drug-likeness (QED) is 0.883. The van der Waals surface area contributed by atoms with Crippen molar-refractivity contribution >= 4 is 34.8 Å². The van der Waals surface area contributed by atoms with Gasteiger partial charge in [0.25, 0.3) is 0 Å². The number of carbonyl (C=O) groups excluding carboxylic acids is 1. The van der Waals surface area contributed by atoms with Crippen LogP contribution in [0, 0.1) is 5.92 Å². The number of rotatable bonds is 3. The summed E-state index contributed by atoms with van der Waals surface area (Å²) in [5.41, 5.74) is 1.53. The van der Waals surface area contributed by atoms with Crippen molar-refractivity contribution < 1.29 is 4.79 Å². The molecule has 1 aromatic carbocycles. The summed E-state index contributed by atoms with van der Waals surface area (Å²) in [7, 11) is 0. The normalized spacial score (nSPS) is 20.5. The minimum absolute atomic E-state index is 0.0512. The highest BCUT2D eigenvalue weighted by atomic mass is 35.5. The number of carbonyl (C=O) groups is 1. The maximum absolute atomic E-state index is 12.1. The molecule has 1 N–H and O–H groups in total. The highest BCUT2D eigenvalue weighted by Gasteiger charge is 2.44. The molecular weight excluding hydrogens is 297 g/mol. The summed E-state index contributed by atoms with van der Waals surface area (Å²) in [4.78, 5) is 19.8. The van der Waals surface area contributed by atoms with Crippen molar-refractivity contribution in [2.24, 2.45) is 5.92 Å². The monoisotopic (exact) mass is 307 g/mol. The van der Waals surface area contributed by atoms with Crippen LogP contribution in [0.25, 0.3) is 0 Å². The Morgan fingerprint density at radius 3 is 2.95 bits per heavy atom. The van der Waals surface area contributed by atoms with Gasteiger partial charge in [-0.15, -0.1) is 0 Å². The number of benzene rings is 1. The van der Waals surface area contributed by atoms with Crippen molar-refractivity contribution in [2.45, 2.75) is 12.3 Å². The molecule has 20 heavy (non-hydrogen) atoms. The fraction of sp³-hybridized carbons (Fsp3) is 0.214. The zero-order chi connectivity index (χ0) is 14.1. The third-order valence-corrected chi connectivity index (χ3v) is 3.86. The molecule has 1 fully saturated rings. The Bertz CT molecular complexity index is 662. The number of aromatic nitrogens is 2. The molecule has 0 bridgehead atoms. The molecule has 1 saturated carbocycles. The van der Waals surface area contributed by atoms with Gasteiger partial charge in [-0.3, -0.25) is 4.79 Å². The first-order chi connectivity index (χ1) is 9.65. The third-order valence-electron chi connectivity index (χ3n) is 3.33. The van der Waals surface area contributed by atoms with E-state index >= 15 is 0 Å². The maximum Gasteiger partial charge on any atom is 0.228 e. The first-order valence-corrected chi connectivity index (χ1v) is 6.92. The molecule has 0 spiro atoms. The summed E-state index contributed by atoms with van der Waals surface area (Å²) >= 11 is 11.8. The minimum atomic E-state index is -0.0633. The van der Waals surface area contributed by atoms with E-state index < -0.39 is 0 Å². The van der Waals surface area contributed by atoms with Gasteiger partial charge in [0.15, 0.2) is 5.15 Å². The first-order valence-electron chi connectivity index (χ1n) is 6.17. The Hall–Kier alpha value is -1.65. The van der Waals surface area contributed by atoms with Gasteiger partial charge in [0.1, 0.15) is 6.33 Å². The number of anilines is 1. The van der Waals surface area contributed by atoms with Gasteiger partial charge in [0.05, 0.1) is 11.9 Å². The molecule has 0 saturated heterocycles. The molecule has 1 unspecified atom stereocenters. The molecule has 2 aromatic rings. The summed E-state index contributed by atoms with van der Waals surface area (Å²) < 4.78 is 0. The van der Waals surface area contributed by atoms with E-state index in [9.17, 15) is 4.79 Å². The van der Waals surface area contributed by atoms with E-state index in [4.69, 9.17) is 23.2 Å². The highest BCUT2D eigenvalue weighted by Crippen LogP contribution is 2.48. The van der Waals surface area contributed by atoms with Gasteiger partial charge < -0.3 is 5.32 Å². The van der Waals surface area contributed by atoms with Crippen molar-refractivity contribution in [2.75, 3.05) is 5.32 Å². The van der Waals surface area contributed by atoms with Crippen LogP contribution in [0.4, 0.5) is 5.69 Å². The van der Waals surface area contributed by atoms with Crippen LogP contribution in [0.1, 0.15) is 17.9 Å². The number of halogens is 2. The molecule has 4 nitrogen and oxygen atoms in total. The molecule has 102 valence electrons. The molecule has 0 radical (unpaired) electrons. The Morgan fingerprint density at radius 2 is 2.20 bits per heavy atom. The zero-order valence-electron chi connectivity index (χ0n) is 10.4. The van der Waals surface area contributed by atoms with Crippen LogP contribution in [0.2, 0.25) is 10.2 Å². The largest absolute Gasteiger partial charge is 0.322 e. The van der Waals surface area contributed by atoms with Crippen LogP contribution < -0.4 is 5.32 Å². The van der Waals surface area contributed by atoms with Gasteiger partial charge in [0.2, 0.25) is 5.91 Å². The second-order valence-electron chi connectivity index (χ2n) is 4.72. The second-order valence-corrected chi connectivity index (χ2v) is 5.51. The summed E-state index contributed by atoms with van der Waals surface area (Å²) in [6, 6.07) is 7.61. The second kappa shape index (κ2) is 5.38. The molecule has 6 heteroatoms. The van der Waals surface area contributed by atoms with E-state index in [1.165, 1.54) is 12.5 Å². The number of nitrogens with one attached hydrogen (secondary N) is 1. The lowest BCUT2D eigenvalue weighted by Crippen LogP contribution is -2.15. The van der Waals surface area contributed by atoms with Crippen LogP contribution in [0.3, 0.4) is 0 Å². The zero-order valence-corrected chi connectivity index (χ0v) is 11.9. The van der Waals surface area contributed by atoms with Crippen molar-refractivity contribution in [3.63, 3.8) is 0 Å². The van der Waals surface area contributed by atoms with Crippen LogP contribution >= 0.6 is 23.2 Å². The molecule has 0 aliphatic heterocycles. The third kappa shape index (κ3) is 2.76. The fourth-order valence-electron chi connectivity index (χ4n) is 2.21. The fourth-order valence-corrected chi connectivity index (χ4v) is 2.55. The molecule has 1 aliphatic rings. The number of amides is 1. The van der Waals surface area contributed by atoms with Gasteiger partial charge in [-0.2, -0.15) is 0 Å². The van der Waals surface area contributed by atoms with Crippen molar-refractivity contribution in [1.82, 2.24) is 9.97 Å². The van der Waals surface area contributed by atoms with Gasteiger partial charge in [-0.1, -0.05) is 35.3 Å². The molecule has 1 heterocycles. The van der Waals surface area contributed by atoms with E-state index in [2.05, 4.69) is 15.3 Å². The van der Waals surface area contributed by atoms with E-state index in [0.29, 0.717) is 10.7 Å². The average molecular weight is 308 g/mol. The lowest BCUT2D eigenvalue weighted by Gasteiger charge is -2.05. The Labute approximate surface area is 126 Å². The Balaban J connectivity index is 1.68. The first kappa shape index (κ1) is 13.3. The topological polar surface area (TPSA) is 54.9 Å². The molecule has 1 aliphatic carbocycles. The summed E-state index contributed by atoms with van der Waals surface area (Å²) in [5.74, 6) is 0.105. The highest BCUT2D eigenvalue weighted by molar-refractivity contribution is 6.32. The van der Waals surface area contributed by atoms with Crippen molar-refractivity contribution in [3.05, 3.63) is 52.5 Å². The number of hydrogen-bond acceptors (Lipinski definition) is 3. The average Bonchev–Trinajstić information content (AvgIpc) is 3.22. The Morgan fingerprint density at radius 1 is 1.35 bits per heavy atom. The molecular formula is C14H11Cl2N3O. The van der Waals surface area contributed by atoms with Gasteiger partial charge in [-0.25, -0.2) is 9.97 Å². The van der Waals surface area contributed by atoms with E-state index in [-0.39, 0.29) is 22.9 Å². The van der Waals surface area contributed by atoms with Crippen molar-refractivity contribution in [1.29, 1.82) is 0 Å². The molecule has 3 rings (SSSR count). The van der Waals surface area contributed by atoms with E-state index in [1.807, 2.05) is 24.3 Å². The standard InChI is InChI=1S/C14H11Cl2N3O/c15-9-3-1-2-8(4-9)10-5-11(10)14(20)19-12-6-17-7-18-13(12)16/h1-4,6-7,10-11H,5H2,(H,19,20)/t10?,11-/m0/s1. The van der Waals surface area contributed by atoms with E-state index in [0.717, 1.165) is 12.0 Å². The summed E-state index contributed by atoms with van der Waals surface area (Å²) in [6.45, 7) is 0. The lowest BCUT2D eigenvalue weighted by atomic mass is 10.1. The van der Waals surface area contributed by atoms with Gasteiger partial charge >= 0.3 is 0 Å². The predicted molar refractivity (Wildman–Crippen MR) is 78.0 cm³/mol. The van der Waals surface area contributed by atoms with Crippen LogP contribution in [-0.4, -0.2) is 15.9 Å². The Kier molecular flexibility index (Phi) is 3.59. The molecule has 1 aromatic heterocycles.